The molecule has 1 aromatic heterocycles. The van der Waals surface area contributed by atoms with Crippen LogP contribution in [-0.4, -0.2) is 45.9 Å². The minimum Gasteiger partial charge on any atom is -0.325 e. The van der Waals surface area contributed by atoms with E-state index in [0.29, 0.717) is 12.0 Å². The second-order valence-corrected chi connectivity index (χ2v) is 8.89. The summed E-state index contributed by atoms with van der Waals surface area (Å²) in [7, 11) is 0. The maximum atomic E-state index is 13.0. The number of amides is 1. The van der Waals surface area contributed by atoms with E-state index in [2.05, 4.69) is 43.2 Å². The lowest BCUT2D eigenvalue weighted by Gasteiger charge is -2.32. The second kappa shape index (κ2) is 8.79. The number of carbonyl (C=O) groups excluding carboxylic acids is 1. The Labute approximate surface area is 177 Å². The zero-order valence-corrected chi connectivity index (χ0v) is 17.3. The number of likely N-dealkylation sites (tertiary alicyclic amines) is 1. The smallest absolute Gasteiger partial charge is 0.243 e. The normalized spacial score (nSPS) is 28.9. The number of nitrogens with one attached hydrogen (secondary N) is 3. The van der Waals surface area contributed by atoms with Crippen molar-refractivity contribution in [1.29, 1.82) is 0 Å². The fourth-order valence-electron chi connectivity index (χ4n) is 5.25. The number of hydrazine groups is 1. The van der Waals surface area contributed by atoms with Crippen molar-refractivity contribution in [2.75, 3.05) is 18.4 Å². The van der Waals surface area contributed by atoms with Crippen molar-refractivity contribution in [3.05, 3.63) is 54.1 Å². The molecule has 2 aliphatic heterocycles. The maximum Gasteiger partial charge on any atom is 0.243 e. The number of carbonyl (C=O) groups is 1. The highest BCUT2D eigenvalue weighted by molar-refractivity contribution is 5.95. The molecular weight excluding hydrogens is 376 g/mol. The molecule has 1 amide bonds. The standard InChI is InChI=1S/C23H30N6O/c30-23(26-19-6-3-16(4-7-19)14-29-9-1-2-10-29)22-20-11-17(5-8-21(20)27-28-22)18-12-24-15-25-13-18/h3-4,6-7,12-13,15,17,20-22,27-28H,1-2,5,8-11,14H2,(H,26,30). The van der Waals surface area contributed by atoms with Crippen LogP contribution in [0.5, 0.6) is 0 Å². The van der Waals surface area contributed by atoms with Crippen molar-refractivity contribution in [2.24, 2.45) is 5.92 Å². The van der Waals surface area contributed by atoms with E-state index in [1.807, 2.05) is 24.5 Å². The molecular formula is C23H30N6O. The third-order valence-electron chi connectivity index (χ3n) is 6.91. The number of nitrogens with zero attached hydrogens (tertiary/aromatic N) is 3. The summed E-state index contributed by atoms with van der Waals surface area (Å²) in [5.41, 5.74) is 9.94. The first-order valence-corrected chi connectivity index (χ1v) is 11.1. The fraction of sp³-hybridized carbons (Fsp3) is 0.522. The molecule has 7 heteroatoms. The molecule has 1 aromatic carbocycles. The minimum atomic E-state index is -0.230. The first-order chi connectivity index (χ1) is 14.8. The molecule has 3 heterocycles. The minimum absolute atomic E-state index is 0.0345. The highest BCUT2D eigenvalue weighted by atomic mass is 16.2. The van der Waals surface area contributed by atoms with Gasteiger partial charge in [0.2, 0.25) is 5.91 Å². The van der Waals surface area contributed by atoms with E-state index >= 15 is 0 Å². The Kier molecular flexibility index (Phi) is 5.75. The van der Waals surface area contributed by atoms with Crippen molar-refractivity contribution in [2.45, 2.75) is 56.7 Å². The van der Waals surface area contributed by atoms with Crippen LogP contribution < -0.4 is 16.2 Å². The van der Waals surface area contributed by atoms with Gasteiger partial charge in [0, 0.05) is 36.6 Å². The Bertz CT molecular complexity index is 852. The Morgan fingerprint density at radius 2 is 1.83 bits per heavy atom. The number of anilines is 1. The van der Waals surface area contributed by atoms with Crippen molar-refractivity contribution in [3.8, 4) is 0 Å². The number of aromatic nitrogens is 2. The lowest BCUT2D eigenvalue weighted by molar-refractivity contribution is -0.119. The molecule has 3 N–H and O–H groups in total. The summed E-state index contributed by atoms with van der Waals surface area (Å²) in [6.07, 6.45) is 11.1. The van der Waals surface area contributed by atoms with E-state index in [-0.39, 0.29) is 17.9 Å². The van der Waals surface area contributed by atoms with E-state index in [0.717, 1.165) is 31.5 Å². The van der Waals surface area contributed by atoms with Crippen LogP contribution in [0.25, 0.3) is 0 Å². The average Bonchev–Trinajstić information content (AvgIpc) is 3.45. The van der Waals surface area contributed by atoms with Gasteiger partial charge in [-0.1, -0.05) is 12.1 Å². The van der Waals surface area contributed by atoms with Gasteiger partial charge in [0.1, 0.15) is 12.4 Å². The van der Waals surface area contributed by atoms with Gasteiger partial charge in [0.15, 0.2) is 0 Å². The van der Waals surface area contributed by atoms with Gasteiger partial charge >= 0.3 is 0 Å². The van der Waals surface area contributed by atoms with E-state index in [9.17, 15) is 4.79 Å². The van der Waals surface area contributed by atoms with Crippen LogP contribution in [-0.2, 0) is 11.3 Å². The van der Waals surface area contributed by atoms with Gasteiger partial charge in [-0.25, -0.2) is 15.4 Å². The quantitative estimate of drug-likeness (QED) is 0.708. The van der Waals surface area contributed by atoms with Crippen LogP contribution >= 0.6 is 0 Å². The molecule has 1 saturated carbocycles. The van der Waals surface area contributed by atoms with Crippen LogP contribution in [0.4, 0.5) is 5.69 Å². The van der Waals surface area contributed by atoms with Gasteiger partial charge in [-0.15, -0.1) is 0 Å². The zero-order chi connectivity index (χ0) is 20.3. The van der Waals surface area contributed by atoms with Gasteiger partial charge < -0.3 is 5.32 Å². The summed E-state index contributed by atoms with van der Waals surface area (Å²) in [4.78, 5) is 23.9. The van der Waals surface area contributed by atoms with Crippen molar-refractivity contribution >= 4 is 11.6 Å². The van der Waals surface area contributed by atoms with Crippen LogP contribution in [0.3, 0.4) is 0 Å². The number of rotatable bonds is 5. The van der Waals surface area contributed by atoms with E-state index in [1.165, 1.54) is 37.1 Å². The average molecular weight is 407 g/mol. The predicted molar refractivity (Wildman–Crippen MR) is 116 cm³/mol. The maximum absolute atomic E-state index is 13.0. The SMILES string of the molecule is O=C(Nc1ccc(CN2CCCC2)cc1)C1NNC2CCC(c3cncnc3)CC21. The highest BCUT2D eigenvalue weighted by Crippen LogP contribution is 2.39. The molecule has 7 nitrogen and oxygen atoms in total. The summed E-state index contributed by atoms with van der Waals surface area (Å²) < 4.78 is 0. The lowest BCUT2D eigenvalue weighted by Crippen LogP contribution is -2.42. The van der Waals surface area contributed by atoms with Crippen LogP contribution in [0, 0.1) is 5.92 Å². The van der Waals surface area contributed by atoms with Crippen molar-refractivity contribution < 1.29 is 4.79 Å². The number of fused-ring (bicyclic) bond motifs is 1. The lowest BCUT2D eigenvalue weighted by atomic mass is 9.74. The molecule has 0 radical (unpaired) electrons. The molecule has 4 atom stereocenters. The van der Waals surface area contributed by atoms with Gasteiger partial charge in [-0.3, -0.25) is 15.1 Å². The van der Waals surface area contributed by atoms with Crippen LogP contribution in [0.15, 0.2) is 43.0 Å². The molecule has 3 aliphatic rings. The third kappa shape index (κ3) is 4.24. The molecule has 4 unspecified atom stereocenters. The topological polar surface area (TPSA) is 82.2 Å². The molecule has 3 fully saturated rings. The molecule has 30 heavy (non-hydrogen) atoms. The predicted octanol–water partition coefficient (Wildman–Crippen LogP) is 2.44. The van der Waals surface area contributed by atoms with Gasteiger partial charge in [-0.2, -0.15) is 0 Å². The first kappa shape index (κ1) is 19.6. The molecule has 1 aliphatic carbocycles. The Morgan fingerprint density at radius 1 is 1.07 bits per heavy atom. The second-order valence-electron chi connectivity index (χ2n) is 8.89. The number of benzene rings is 1. The molecule has 5 rings (SSSR count). The molecule has 2 aromatic rings. The monoisotopic (exact) mass is 406 g/mol. The molecule has 2 saturated heterocycles. The van der Waals surface area contributed by atoms with Gasteiger partial charge in [-0.05, 0) is 74.4 Å². The third-order valence-corrected chi connectivity index (χ3v) is 6.91. The largest absolute Gasteiger partial charge is 0.325 e. The molecule has 158 valence electrons. The Hall–Kier alpha value is -2.35. The summed E-state index contributed by atoms with van der Waals surface area (Å²) in [5.74, 6) is 0.708. The molecule has 0 spiro atoms. The van der Waals surface area contributed by atoms with Gasteiger partial charge in [0.05, 0.1) is 0 Å². The molecule has 0 bridgehead atoms. The van der Waals surface area contributed by atoms with Crippen LogP contribution in [0.2, 0.25) is 0 Å². The Morgan fingerprint density at radius 3 is 2.60 bits per heavy atom. The zero-order valence-electron chi connectivity index (χ0n) is 17.3. The van der Waals surface area contributed by atoms with E-state index in [4.69, 9.17) is 0 Å². The van der Waals surface area contributed by atoms with E-state index in [1.54, 1.807) is 6.33 Å². The number of hydrogen-bond donors (Lipinski definition) is 3. The summed E-state index contributed by atoms with van der Waals surface area (Å²) in [5, 5.41) is 3.11. The Balaban J connectivity index is 1.20. The number of hydrogen-bond acceptors (Lipinski definition) is 6. The van der Waals surface area contributed by atoms with Crippen molar-refractivity contribution in [3.63, 3.8) is 0 Å². The summed E-state index contributed by atoms with van der Waals surface area (Å²) in [6, 6.07) is 8.41. The van der Waals surface area contributed by atoms with E-state index < -0.39 is 0 Å². The fourth-order valence-corrected chi connectivity index (χ4v) is 5.25. The highest BCUT2D eigenvalue weighted by Gasteiger charge is 2.43. The summed E-state index contributed by atoms with van der Waals surface area (Å²) in [6.45, 7) is 3.38. The summed E-state index contributed by atoms with van der Waals surface area (Å²) >= 11 is 0. The van der Waals surface area contributed by atoms with Crippen molar-refractivity contribution in [1.82, 2.24) is 25.7 Å². The first-order valence-electron chi connectivity index (χ1n) is 11.1. The van der Waals surface area contributed by atoms with Gasteiger partial charge in [0.25, 0.3) is 0 Å². The van der Waals surface area contributed by atoms with Crippen LogP contribution in [0.1, 0.15) is 49.1 Å².